The van der Waals surface area contributed by atoms with Crippen molar-refractivity contribution >= 4 is 28.1 Å². The molecule has 0 radical (unpaired) electrons. The molecule has 0 spiro atoms. The lowest BCUT2D eigenvalue weighted by molar-refractivity contribution is -0.138. The highest BCUT2D eigenvalue weighted by atomic mass is 16.3. The number of likely N-dealkylation sites (tertiary alicyclic amines) is 1. The van der Waals surface area contributed by atoms with Gasteiger partial charge in [-0.1, -0.05) is 19.1 Å². The van der Waals surface area contributed by atoms with E-state index in [2.05, 4.69) is 11.9 Å². The zero-order valence-electron chi connectivity index (χ0n) is 21.0. The van der Waals surface area contributed by atoms with Crippen LogP contribution < -0.4 is 11.2 Å². The van der Waals surface area contributed by atoms with Crippen LogP contribution in [0.3, 0.4) is 0 Å². The molecule has 2 atom stereocenters. The number of hydrogen-bond donors (Lipinski definition) is 1. The number of fused-ring (bicyclic) bond motifs is 2. The number of piperidine rings is 1. The number of aryl methyl sites for hydroxylation is 2. The van der Waals surface area contributed by atoms with E-state index in [0.29, 0.717) is 13.0 Å². The van der Waals surface area contributed by atoms with Crippen molar-refractivity contribution in [3.63, 3.8) is 0 Å². The van der Waals surface area contributed by atoms with Gasteiger partial charge in [-0.3, -0.25) is 18.7 Å². The van der Waals surface area contributed by atoms with Crippen molar-refractivity contribution in [2.24, 2.45) is 14.1 Å². The van der Waals surface area contributed by atoms with E-state index < -0.39 is 22.9 Å². The van der Waals surface area contributed by atoms with E-state index in [1.165, 1.54) is 17.9 Å². The molecule has 0 saturated carbocycles. The first-order chi connectivity index (χ1) is 17.1. The topological polar surface area (TPSA) is 120 Å². The van der Waals surface area contributed by atoms with Gasteiger partial charge in [-0.05, 0) is 31.9 Å². The van der Waals surface area contributed by atoms with Gasteiger partial charge in [-0.15, -0.1) is 0 Å². The number of hydrogen-bond acceptors (Lipinski definition) is 6. The zero-order chi connectivity index (χ0) is 25.8. The minimum absolute atomic E-state index is 0.0827. The van der Waals surface area contributed by atoms with E-state index in [1.807, 2.05) is 28.8 Å². The molecule has 1 aliphatic rings. The fourth-order valence-corrected chi connectivity index (χ4v) is 5.19. The summed E-state index contributed by atoms with van der Waals surface area (Å²) in [6.45, 7) is 4.53. The molecule has 11 heteroatoms. The molecule has 5 rings (SSSR count). The summed E-state index contributed by atoms with van der Waals surface area (Å²) in [5.74, 6) is 0.790. The molecule has 1 aliphatic heterocycles. The van der Waals surface area contributed by atoms with E-state index in [0.717, 1.165) is 34.3 Å². The number of amides is 1. The Morgan fingerprint density at radius 1 is 1.19 bits per heavy atom. The van der Waals surface area contributed by atoms with Gasteiger partial charge in [0.2, 0.25) is 5.91 Å². The number of aromatic nitrogens is 6. The van der Waals surface area contributed by atoms with Gasteiger partial charge in [-0.2, -0.15) is 0 Å². The third kappa shape index (κ3) is 3.74. The second-order valence-corrected chi connectivity index (χ2v) is 9.85. The molecule has 0 unspecified atom stereocenters. The van der Waals surface area contributed by atoms with Gasteiger partial charge < -0.3 is 19.1 Å². The van der Waals surface area contributed by atoms with Crippen LogP contribution in [0.15, 0.2) is 40.2 Å². The Labute approximate surface area is 207 Å². The summed E-state index contributed by atoms with van der Waals surface area (Å²) in [6.07, 6.45) is 3.49. The van der Waals surface area contributed by atoms with Crippen LogP contribution in [0.25, 0.3) is 22.2 Å². The molecule has 1 fully saturated rings. The summed E-state index contributed by atoms with van der Waals surface area (Å²) in [6, 6.07) is 7.18. The predicted octanol–water partition coefficient (Wildman–Crippen LogP) is 0.961. The van der Waals surface area contributed by atoms with Crippen molar-refractivity contribution < 1.29 is 9.90 Å². The SMILES string of the molecule is CCCc1nc2ccccc2n1CC(=O)N1CC[C@](C)(O)[C@@H](n2cnc3c2c(=O)n(C)c(=O)n3C)C1. The number of rotatable bonds is 5. The van der Waals surface area contributed by atoms with Gasteiger partial charge in [0.25, 0.3) is 5.56 Å². The highest BCUT2D eigenvalue weighted by Crippen LogP contribution is 2.33. The average molecular weight is 494 g/mol. The molecule has 0 aliphatic carbocycles. The van der Waals surface area contributed by atoms with Gasteiger partial charge in [0.15, 0.2) is 11.2 Å². The van der Waals surface area contributed by atoms with Gasteiger partial charge in [0.1, 0.15) is 12.4 Å². The van der Waals surface area contributed by atoms with Gasteiger partial charge in [0.05, 0.1) is 29.0 Å². The number of carbonyl (C=O) groups excluding carboxylic acids is 1. The summed E-state index contributed by atoms with van der Waals surface area (Å²) < 4.78 is 5.93. The fraction of sp³-hybridized carbons (Fsp3) is 0.480. The quantitative estimate of drug-likeness (QED) is 0.442. The molecule has 36 heavy (non-hydrogen) atoms. The van der Waals surface area contributed by atoms with E-state index >= 15 is 0 Å². The van der Waals surface area contributed by atoms with Gasteiger partial charge in [0, 0.05) is 33.6 Å². The Hall–Kier alpha value is -3.73. The molecule has 1 saturated heterocycles. The number of para-hydroxylation sites is 2. The van der Waals surface area contributed by atoms with Crippen LogP contribution in [0, 0.1) is 0 Å². The number of benzene rings is 1. The third-order valence-corrected chi connectivity index (χ3v) is 7.36. The normalized spacial score (nSPS) is 20.5. The van der Waals surface area contributed by atoms with Gasteiger partial charge in [-0.25, -0.2) is 14.8 Å². The Morgan fingerprint density at radius 3 is 2.69 bits per heavy atom. The maximum Gasteiger partial charge on any atom is 0.332 e. The number of nitrogens with zero attached hydrogens (tertiary/aromatic N) is 7. The highest BCUT2D eigenvalue weighted by Gasteiger charge is 2.41. The van der Waals surface area contributed by atoms with Crippen molar-refractivity contribution in [2.45, 2.75) is 51.3 Å². The molecule has 1 N–H and O–H groups in total. The fourth-order valence-electron chi connectivity index (χ4n) is 5.19. The van der Waals surface area contributed by atoms with Crippen LogP contribution >= 0.6 is 0 Å². The van der Waals surface area contributed by atoms with Crippen LogP contribution in [-0.4, -0.2) is 62.8 Å². The summed E-state index contributed by atoms with van der Waals surface area (Å²) in [5, 5.41) is 11.3. The van der Waals surface area contributed by atoms with E-state index in [-0.39, 0.29) is 30.2 Å². The molecule has 3 aromatic heterocycles. The Bertz CT molecular complexity index is 1590. The summed E-state index contributed by atoms with van der Waals surface area (Å²) >= 11 is 0. The molecular formula is C25H31N7O4. The smallest absolute Gasteiger partial charge is 0.332 e. The van der Waals surface area contributed by atoms with Crippen molar-refractivity contribution in [1.82, 2.24) is 33.1 Å². The van der Waals surface area contributed by atoms with Crippen LogP contribution in [0.1, 0.15) is 38.6 Å². The minimum atomic E-state index is -1.18. The van der Waals surface area contributed by atoms with Crippen molar-refractivity contribution in [3.05, 3.63) is 57.3 Å². The van der Waals surface area contributed by atoms with Crippen molar-refractivity contribution in [3.8, 4) is 0 Å². The van der Waals surface area contributed by atoms with Crippen LogP contribution in [-0.2, 0) is 31.9 Å². The van der Waals surface area contributed by atoms with Crippen LogP contribution in [0.4, 0.5) is 0 Å². The molecule has 4 heterocycles. The predicted molar refractivity (Wildman–Crippen MR) is 135 cm³/mol. The maximum atomic E-state index is 13.5. The molecule has 190 valence electrons. The van der Waals surface area contributed by atoms with Crippen molar-refractivity contribution in [1.29, 1.82) is 0 Å². The first kappa shape index (κ1) is 24.0. The largest absolute Gasteiger partial charge is 0.388 e. The van der Waals surface area contributed by atoms with Crippen LogP contribution in [0.2, 0.25) is 0 Å². The monoisotopic (exact) mass is 493 g/mol. The number of aliphatic hydroxyl groups is 1. The molecule has 0 bridgehead atoms. The second-order valence-electron chi connectivity index (χ2n) is 9.85. The maximum absolute atomic E-state index is 13.5. The van der Waals surface area contributed by atoms with E-state index in [9.17, 15) is 19.5 Å². The van der Waals surface area contributed by atoms with Crippen LogP contribution in [0.5, 0.6) is 0 Å². The Balaban J connectivity index is 1.50. The molecule has 4 aromatic rings. The number of imidazole rings is 2. The Morgan fingerprint density at radius 2 is 1.94 bits per heavy atom. The van der Waals surface area contributed by atoms with Gasteiger partial charge >= 0.3 is 5.69 Å². The van der Waals surface area contributed by atoms with Crippen molar-refractivity contribution in [2.75, 3.05) is 13.1 Å². The second kappa shape index (κ2) is 8.74. The number of carbonyl (C=O) groups is 1. The standard InChI is InChI=1S/C25H31N7O4/c1-5-8-19-27-16-9-6-7-10-17(16)31(19)14-20(33)30-12-11-25(2,36)18(13-30)32-15-26-22-21(32)23(34)29(4)24(35)28(22)3/h6-7,9-10,15,18,36H,5,8,11-14H2,1-4H3/t18-,25-/m0/s1. The molecule has 11 nitrogen and oxygen atoms in total. The first-order valence-corrected chi connectivity index (χ1v) is 12.2. The molecule has 1 aromatic carbocycles. The third-order valence-electron chi connectivity index (χ3n) is 7.36. The summed E-state index contributed by atoms with van der Waals surface area (Å²) in [4.78, 5) is 49.6. The summed E-state index contributed by atoms with van der Waals surface area (Å²) in [5.41, 5.74) is 0.111. The molecular weight excluding hydrogens is 462 g/mol. The lowest BCUT2D eigenvalue weighted by Crippen LogP contribution is -2.53. The minimum Gasteiger partial charge on any atom is -0.388 e. The lowest BCUT2D eigenvalue weighted by atomic mass is 9.88. The van der Waals surface area contributed by atoms with E-state index in [4.69, 9.17) is 4.98 Å². The Kier molecular flexibility index (Phi) is 5.82. The highest BCUT2D eigenvalue weighted by molar-refractivity contribution is 5.81. The lowest BCUT2D eigenvalue weighted by Gasteiger charge is -2.43. The zero-order valence-corrected chi connectivity index (χ0v) is 21.0. The average Bonchev–Trinajstić information content (AvgIpc) is 3.43. The summed E-state index contributed by atoms with van der Waals surface area (Å²) in [7, 11) is 2.97. The van der Waals surface area contributed by atoms with E-state index in [1.54, 1.807) is 23.4 Å². The molecule has 1 amide bonds. The first-order valence-electron chi connectivity index (χ1n) is 12.2.